The lowest BCUT2D eigenvalue weighted by molar-refractivity contribution is -0.172. The maximum Gasteiger partial charge on any atom is 0.363 e. The Morgan fingerprint density at radius 2 is 1.38 bits per heavy atom. The summed E-state index contributed by atoms with van der Waals surface area (Å²) >= 11 is 0. The van der Waals surface area contributed by atoms with E-state index in [1.807, 2.05) is 12.1 Å². The van der Waals surface area contributed by atoms with Gasteiger partial charge < -0.3 is 14.3 Å². The molecule has 0 aromatic heterocycles. The van der Waals surface area contributed by atoms with Gasteiger partial charge in [-0.25, -0.2) is 9.59 Å². The first kappa shape index (κ1) is 27.3. The Kier molecular flexibility index (Phi) is 10.1. The number of unbranched alkanes of at least 4 members (excludes halogenated alkanes) is 3. The molecule has 194 valence electrons. The highest BCUT2D eigenvalue weighted by atomic mass is 16.7. The quantitative estimate of drug-likeness (QED) is 0.117. The van der Waals surface area contributed by atoms with E-state index in [4.69, 9.17) is 14.3 Å². The number of nitrogens with zero attached hydrogens (tertiary/aromatic N) is 3. The maximum absolute atomic E-state index is 12.2. The number of amides is 2. The van der Waals surface area contributed by atoms with Crippen LogP contribution in [0.3, 0.4) is 0 Å². The number of carbonyl (C=O) groups is 4. The molecule has 0 spiro atoms. The number of hydroxylamine groups is 2. The lowest BCUT2D eigenvalue weighted by atomic mass is 10.2. The average Bonchev–Trinajstić information content (AvgIpc) is 3.21. The van der Waals surface area contributed by atoms with E-state index in [2.05, 4.69) is 16.8 Å². The van der Waals surface area contributed by atoms with Gasteiger partial charge in [0.25, 0.3) is 11.8 Å². The number of hydrogen-bond donors (Lipinski definition) is 0. The van der Waals surface area contributed by atoms with Crippen molar-refractivity contribution in [3.63, 3.8) is 0 Å². The number of hydrogen-bond acceptors (Lipinski definition) is 9. The molecule has 3 rings (SSSR count). The van der Waals surface area contributed by atoms with Crippen LogP contribution in [0.4, 0.5) is 11.4 Å². The summed E-state index contributed by atoms with van der Waals surface area (Å²) in [6.07, 6.45) is 3.71. The Labute approximate surface area is 214 Å². The fraction of sp³-hybridized carbons (Fsp3) is 0.333. The summed E-state index contributed by atoms with van der Waals surface area (Å²) in [7, 11) is 0. The Morgan fingerprint density at radius 1 is 0.838 bits per heavy atom. The second-order valence-electron chi connectivity index (χ2n) is 8.38. The van der Waals surface area contributed by atoms with Crippen molar-refractivity contribution in [2.45, 2.75) is 45.4 Å². The summed E-state index contributed by atoms with van der Waals surface area (Å²) in [4.78, 5) is 51.5. The van der Waals surface area contributed by atoms with Crippen LogP contribution in [-0.2, 0) is 24.0 Å². The zero-order valence-corrected chi connectivity index (χ0v) is 20.7. The largest absolute Gasteiger partial charge is 0.494 e. The standard InChI is InChI=1S/C27H29N3O7/c1-19(2)26(33)36-18-6-4-3-5-17-35-23-13-11-22(12-14-23)29-28-21-9-7-20(8-10-21)27(34)37-30-24(31)15-16-25(30)32/h7-14H,1,3-6,15-18H2,2H3. The molecule has 0 unspecified atom stereocenters. The molecule has 37 heavy (non-hydrogen) atoms. The van der Waals surface area contributed by atoms with Crippen LogP contribution in [0.15, 0.2) is 70.9 Å². The van der Waals surface area contributed by atoms with E-state index < -0.39 is 17.8 Å². The average molecular weight is 508 g/mol. The molecule has 0 N–H and O–H groups in total. The number of azo groups is 1. The van der Waals surface area contributed by atoms with Crippen LogP contribution in [0.25, 0.3) is 0 Å². The molecule has 1 saturated heterocycles. The van der Waals surface area contributed by atoms with Crippen LogP contribution < -0.4 is 4.74 Å². The topological polar surface area (TPSA) is 124 Å². The highest BCUT2D eigenvalue weighted by molar-refractivity contribution is 6.02. The molecule has 0 atom stereocenters. The van der Waals surface area contributed by atoms with E-state index in [1.165, 1.54) is 12.1 Å². The minimum absolute atomic E-state index is 0.0380. The number of imide groups is 1. The summed E-state index contributed by atoms with van der Waals surface area (Å²) in [5, 5.41) is 8.82. The number of rotatable bonds is 13. The van der Waals surface area contributed by atoms with Crippen molar-refractivity contribution in [1.82, 2.24) is 5.06 Å². The zero-order valence-electron chi connectivity index (χ0n) is 20.7. The molecule has 0 bridgehead atoms. The van der Waals surface area contributed by atoms with Crippen molar-refractivity contribution in [3.8, 4) is 5.75 Å². The van der Waals surface area contributed by atoms with Gasteiger partial charge in [-0.1, -0.05) is 6.58 Å². The van der Waals surface area contributed by atoms with Gasteiger partial charge in [0, 0.05) is 18.4 Å². The van der Waals surface area contributed by atoms with Crippen molar-refractivity contribution in [2.24, 2.45) is 10.2 Å². The van der Waals surface area contributed by atoms with Crippen LogP contribution in [0, 0.1) is 0 Å². The molecule has 2 aromatic carbocycles. The van der Waals surface area contributed by atoms with Gasteiger partial charge in [0.15, 0.2) is 0 Å². The number of benzene rings is 2. The molecule has 1 fully saturated rings. The summed E-state index contributed by atoms with van der Waals surface area (Å²) < 4.78 is 10.8. The van der Waals surface area contributed by atoms with Crippen molar-refractivity contribution >= 4 is 35.1 Å². The third kappa shape index (κ3) is 8.68. The third-order valence-electron chi connectivity index (χ3n) is 5.29. The molecule has 2 amide bonds. The van der Waals surface area contributed by atoms with E-state index in [0.29, 0.717) is 35.2 Å². The first-order valence-electron chi connectivity index (χ1n) is 12.0. The van der Waals surface area contributed by atoms with Gasteiger partial charge in [0.1, 0.15) is 5.75 Å². The van der Waals surface area contributed by atoms with Gasteiger partial charge in [-0.2, -0.15) is 10.2 Å². The van der Waals surface area contributed by atoms with Crippen LogP contribution in [0.2, 0.25) is 0 Å². The highest BCUT2D eigenvalue weighted by Crippen LogP contribution is 2.22. The van der Waals surface area contributed by atoms with Crippen LogP contribution in [0.1, 0.15) is 55.8 Å². The predicted molar refractivity (Wildman–Crippen MR) is 133 cm³/mol. The smallest absolute Gasteiger partial charge is 0.363 e. The van der Waals surface area contributed by atoms with Gasteiger partial charge in [-0.15, -0.1) is 5.06 Å². The Bertz CT molecular complexity index is 1140. The summed E-state index contributed by atoms with van der Waals surface area (Å²) in [5.74, 6) is -1.48. The summed E-state index contributed by atoms with van der Waals surface area (Å²) in [6.45, 7) is 6.16. The maximum atomic E-state index is 12.2. The van der Waals surface area contributed by atoms with Gasteiger partial charge >= 0.3 is 11.9 Å². The van der Waals surface area contributed by atoms with E-state index >= 15 is 0 Å². The number of ether oxygens (including phenoxy) is 2. The highest BCUT2D eigenvalue weighted by Gasteiger charge is 2.33. The normalized spacial score (nSPS) is 13.2. The molecular weight excluding hydrogens is 478 g/mol. The lowest BCUT2D eigenvalue weighted by Gasteiger charge is -2.12. The fourth-order valence-electron chi connectivity index (χ4n) is 3.22. The van der Waals surface area contributed by atoms with E-state index in [0.717, 1.165) is 31.4 Å². The van der Waals surface area contributed by atoms with Gasteiger partial charge in [0.05, 0.1) is 30.2 Å². The number of esters is 1. The molecule has 1 heterocycles. The first-order valence-corrected chi connectivity index (χ1v) is 12.0. The lowest BCUT2D eigenvalue weighted by Crippen LogP contribution is -2.32. The molecule has 0 radical (unpaired) electrons. The van der Waals surface area contributed by atoms with Crippen LogP contribution in [0.5, 0.6) is 5.75 Å². The molecule has 1 aliphatic heterocycles. The van der Waals surface area contributed by atoms with E-state index in [1.54, 1.807) is 31.2 Å². The fourth-order valence-corrected chi connectivity index (χ4v) is 3.22. The minimum Gasteiger partial charge on any atom is -0.494 e. The second-order valence-corrected chi connectivity index (χ2v) is 8.38. The summed E-state index contributed by atoms with van der Waals surface area (Å²) in [6, 6.07) is 13.3. The molecule has 0 saturated carbocycles. The van der Waals surface area contributed by atoms with Crippen molar-refractivity contribution in [1.29, 1.82) is 0 Å². The first-order chi connectivity index (χ1) is 17.8. The summed E-state index contributed by atoms with van der Waals surface area (Å²) in [5.41, 5.74) is 1.73. The van der Waals surface area contributed by atoms with Gasteiger partial charge in [-0.3, -0.25) is 9.59 Å². The molecule has 2 aromatic rings. The van der Waals surface area contributed by atoms with Gasteiger partial charge in [-0.05, 0) is 81.1 Å². The van der Waals surface area contributed by atoms with E-state index in [-0.39, 0.29) is 24.4 Å². The molecule has 1 aliphatic rings. The minimum atomic E-state index is -0.799. The molecule has 10 heteroatoms. The Hall–Kier alpha value is -4.34. The third-order valence-corrected chi connectivity index (χ3v) is 5.29. The monoisotopic (exact) mass is 507 g/mol. The predicted octanol–water partition coefficient (Wildman–Crippen LogP) is 5.38. The molecular formula is C27H29N3O7. The van der Waals surface area contributed by atoms with Crippen molar-refractivity contribution < 1.29 is 33.5 Å². The zero-order chi connectivity index (χ0) is 26.6. The van der Waals surface area contributed by atoms with Crippen LogP contribution >= 0.6 is 0 Å². The van der Waals surface area contributed by atoms with Crippen molar-refractivity contribution in [2.75, 3.05) is 13.2 Å². The number of carbonyl (C=O) groups excluding carboxylic acids is 4. The van der Waals surface area contributed by atoms with Crippen LogP contribution in [-0.4, -0.2) is 42.0 Å². The molecule has 0 aliphatic carbocycles. The Balaban J connectivity index is 1.36. The van der Waals surface area contributed by atoms with Crippen molar-refractivity contribution in [3.05, 3.63) is 66.2 Å². The Morgan fingerprint density at radius 3 is 1.95 bits per heavy atom. The molecule has 10 nitrogen and oxygen atoms in total. The SMILES string of the molecule is C=C(C)C(=O)OCCCCCCOc1ccc(N=Nc2ccc(C(=O)ON3C(=O)CCC3=O)cc2)cc1. The second kappa shape index (κ2) is 13.7. The van der Waals surface area contributed by atoms with E-state index in [9.17, 15) is 19.2 Å². The van der Waals surface area contributed by atoms with Gasteiger partial charge in [0.2, 0.25) is 0 Å².